The van der Waals surface area contributed by atoms with E-state index in [4.69, 9.17) is 4.74 Å². The van der Waals surface area contributed by atoms with Gasteiger partial charge in [-0.15, -0.1) is 11.3 Å². The third-order valence-corrected chi connectivity index (χ3v) is 9.14. The molecular formula is C32H37N5O6S2. The van der Waals surface area contributed by atoms with Crippen molar-refractivity contribution in [3.05, 3.63) is 89.8 Å². The Bertz CT molecular complexity index is 1720. The van der Waals surface area contributed by atoms with Crippen LogP contribution in [0.2, 0.25) is 0 Å². The van der Waals surface area contributed by atoms with Crippen molar-refractivity contribution < 1.29 is 27.9 Å². The molecule has 0 radical (unpaired) electrons. The van der Waals surface area contributed by atoms with Crippen LogP contribution in [-0.4, -0.2) is 56.5 Å². The van der Waals surface area contributed by atoms with E-state index in [1.54, 1.807) is 65.9 Å². The van der Waals surface area contributed by atoms with Gasteiger partial charge in [0.2, 0.25) is 10.0 Å². The summed E-state index contributed by atoms with van der Waals surface area (Å²) in [5.74, 6) is -1.21. The second kappa shape index (κ2) is 13.4. The van der Waals surface area contributed by atoms with Crippen molar-refractivity contribution in [2.24, 2.45) is 5.41 Å². The van der Waals surface area contributed by atoms with Crippen LogP contribution < -0.4 is 4.90 Å². The molecule has 0 bridgehead atoms. The topological polar surface area (TPSA) is 143 Å². The molecule has 3 heterocycles. The van der Waals surface area contributed by atoms with Crippen molar-refractivity contribution in [2.45, 2.75) is 71.2 Å². The van der Waals surface area contributed by atoms with Gasteiger partial charge in [0.1, 0.15) is 27.4 Å². The minimum atomic E-state index is -4.06. The normalized spacial score (nSPS) is 13.0. The Morgan fingerprint density at radius 3 is 2.22 bits per heavy atom. The van der Waals surface area contributed by atoms with Crippen LogP contribution in [0.15, 0.2) is 83.5 Å². The smallest absolute Gasteiger partial charge is 0.416 e. The van der Waals surface area contributed by atoms with E-state index >= 15 is 0 Å². The number of amides is 1. The van der Waals surface area contributed by atoms with Gasteiger partial charge in [0.05, 0.1) is 12.2 Å². The molecule has 0 aliphatic rings. The van der Waals surface area contributed by atoms with Gasteiger partial charge in [-0.25, -0.2) is 32.9 Å². The van der Waals surface area contributed by atoms with Crippen LogP contribution in [0.3, 0.4) is 0 Å². The number of nitrogens with zero attached hydrogens (tertiary/aromatic N) is 5. The minimum Gasteiger partial charge on any atom is -0.480 e. The molecule has 1 aromatic carbocycles. The molecular weight excluding hydrogens is 615 g/mol. The van der Waals surface area contributed by atoms with Crippen molar-refractivity contribution in [2.75, 3.05) is 4.90 Å². The average molecular weight is 652 g/mol. The quantitative estimate of drug-likeness (QED) is 0.211. The molecule has 11 nitrogen and oxygen atoms in total. The van der Waals surface area contributed by atoms with Gasteiger partial charge < -0.3 is 9.84 Å². The highest BCUT2D eigenvalue weighted by Crippen LogP contribution is 2.31. The lowest BCUT2D eigenvalue weighted by molar-refractivity contribution is -0.141. The fourth-order valence-electron chi connectivity index (χ4n) is 4.58. The van der Waals surface area contributed by atoms with Crippen LogP contribution in [0.1, 0.15) is 52.8 Å². The molecule has 0 spiro atoms. The zero-order chi connectivity index (χ0) is 33.0. The molecule has 0 fully saturated rings. The fourth-order valence-corrected chi connectivity index (χ4v) is 6.59. The maximum atomic E-state index is 13.9. The molecule has 0 aliphatic heterocycles. The van der Waals surface area contributed by atoms with E-state index in [1.165, 1.54) is 40.2 Å². The van der Waals surface area contributed by atoms with Crippen molar-refractivity contribution in [3.63, 3.8) is 0 Å². The third-order valence-electron chi connectivity index (χ3n) is 6.54. The highest BCUT2D eigenvalue weighted by atomic mass is 32.2. The summed E-state index contributed by atoms with van der Waals surface area (Å²) in [5, 5.41) is 12.9. The molecule has 1 N–H and O–H groups in total. The van der Waals surface area contributed by atoms with Gasteiger partial charge >= 0.3 is 12.1 Å². The molecule has 1 atom stereocenters. The first kappa shape index (κ1) is 33.7. The Labute approximate surface area is 267 Å². The van der Waals surface area contributed by atoms with Crippen LogP contribution in [0.4, 0.5) is 10.6 Å². The molecule has 0 aliphatic carbocycles. The standard InChI is InChI=1S/C32H37N5O6S2/c1-31(2,3)27(29(38)39)37(30(40)43-32(4,5)6)26-11-7-9-24(35-26)21-36(45(41,42)25-10-8-16-33-19-25)20-22-12-14-23(15-13-22)28-34-17-18-44-28/h7-19,27H,20-21H2,1-6H3,(H,38,39). The van der Waals surface area contributed by atoms with Crippen molar-refractivity contribution >= 4 is 39.2 Å². The zero-order valence-electron chi connectivity index (χ0n) is 26.0. The number of aromatic nitrogens is 3. The Kier molecular flexibility index (Phi) is 10.1. The summed E-state index contributed by atoms with van der Waals surface area (Å²) in [6.45, 7) is 10.0. The number of thiazole rings is 1. The van der Waals surface area contributed by atoms with Crippen LogP contribution in [0, 0.1) is 5.41 Å². The summed E-state index contributed by atoms with van der Waals surface area (Å²) in [4.78, 5) is 39.9. The summed E-state index contributed by atoms with van der Waals surface area (Å²) in [6, 6.07) is 13.9. The Balaban J connectivity index is 1.74. The second-order valence-electron chi connectivity index (χ2n) is 12.4. The number of pyridine rings is 2. The number of ether oxygens (including phenoxy) is 1. The van der Waals surface area contributed by atoms with Gasteiger partial charge in [-0.2, -0.15) is 4.31 Å². The van der Waals surface area contributed by atoms with Gasteiger partial charge in [-0.05, 0) is 56.0 Å². The lowest BCUT2D eigenvalue weighted by atomic mass is 9.85. The van der Waals surface area contributed by atoms with Crippen molar-refractivity contribution in [3.8, 4) is 10.6 Å². The molecule has 1 amide bonds. The number of aliphatic carboxylic acids is 1. The van der Waals surface area contributed by atoms with Gasteiger partial charge in [0.15, 0.2) is 0 Å². The maximum Gasteiger partial charge on any atom is 0.416 e. The summed E-state index contributed by atoms with van der Waals surface area (Å²) in [7, 11) is -4.06. The molecule has 4 aromatic rings. The monoisotopic (exact) mass is 651 g/mol. The van der Waals surface area contributed by atoms with Crippen molar-refractivity contribution in [1.82, 2.24) is 19.3 Å². The number of carboxylic acids is 1. The van der Waals surface area contributed by atoms with Crippen molar-refractivity contribution in [1.29, 1.82) is 0 Å². The van der Waals surface area contributed by atoms with Crippen LogP contribution in [0.25, 0.3) is 10.6 Å². The predicted molar refractivity (Wildman–Crippen MR) is 172 cm³/mol. The van der Waals surface area contributed by atoms with E-state index < -0.39 is 39.1 Å². The number of hydrogen-bond donors (Lipinski definition) is 1. The first-order valence-electron chi connectivity index (χ1n) is 14.2. The second-order valence-corrected chi connectivity index (χ2v) is 15.3. The Morgan fingerprint density at radius 1 is 0.956 bits per heavy atom. The number of benzene rings is 1. The van der Waals surface area contributed by atoms with E-state index in [0.717, 1.165) is 21.0 Å². The highest BCUT2D eigenvalue weighted by molar-refractivity contribution is 7.89. The van der Waals surface area contributed by atoms with Gasteiger partial charge in [0, 0.05) is 36.1 Å². The van der Waals surface area contributed by atoms with E-state index in [2.05, 4.69) is 15.0 Å². The number of carbonyl (C=O) groups excluding carboxylic acids is 1. The number of carbonyl (C=O) groups is 2. The predicted octanol–water partition coefficient (Wildman–Crippen LogP) is 6.23. The molecule has 13 heteroatoms. The molecule has 0 saturated heterocycles. The largest absolute Gasteiger partial charge is 0.480 e. The van der Waals surface area contributed by atoms with Gasteiger partial charge in [0.25, 0.3) is 0 Å². The molecule has 4 rings (SSSR count). The Morgan fingerprint density at radius 2 is 1.67 bits per heavy atom. The summed E-state index contributed by atoms with van der Waals surface area (Å²) < 4.78 is 34.7. The summed E-state index contributed by atoms with van der Waals surface area (Å²) >= 11 is 1.51. The molecule has 0 saturated carbocycles. The zero-order valence-corrected chi connectivity index (χ0v) is 27.7. The third kappa shape index (κ3) is 8.50. The number of rotatable bonds is 10. The minimum absolute atomic E-state index is 0.00890. The lowest BCUT2D eigenvalue weighted by Crippen LogP contribution is -2.54. The first-order valence-corrected chi connectivity index (χ1v) is 16.5. The lowest BCUT2D eigenvalue weighted by Gasteiger charge is -2.37. The molecule has 1 unspecified atom stereocenters. The van der Waals surface area contributed by atoms with Crippen LogP contribution in [0.5, 0.6) is 0 Å². The fraction of sp³-hybridized carbons (Fsp3) is 0.344. The highest BCUT2D eigenvalue weighted by Gasteiger charge is 2.42. The van der Waals surface area contributed by atoms with E-state index in [0.29, 0.717) is 5.69 Å². The number of sulfonamides is 1. The Hall–Kier alpha value is -4.20. The summed E-state index contributed by atoms with van der Waals surface area (Å²) in [6.07, 6.45) is 3.62. The van der Waals surface area contributed by atoms with E-state index in [-0.39, 0.29) is 23.8 Å². The molecule has 3 aromatic heterocycles. The first-order chi connectivity index (χ1) is 21.1. The van der Waals surface area contributed by atoms with Gasteiger partial charge in [-0.1, -0.05) is 51.1 Å². The molecule has 238 valence electrons. The SMILES string of the molecule is CC(C)(C)OC(=O)N(c1cccc(CN(Cc2ccc(-c3nccs3)cc2)S(=O)(=O)c2cccnc2)n1)C(C(=O)O)C(C)(C)C. The van der Waals surface area contributed by atoms with E-state index in [9.17, 15) is 23.1 Å². The maximum absolute atomic E-state index is 13.9. The van der Waals surface area contributed by atoms with E-state index in [1.807, 2.05) is 29.6 Å². The van der Waals surface area contributed by atoms with Crippen LogP contribution >= 0.6 is 11.3 Å². The number of anilines is 1. The van der Waals surface area contributed by atoms with Crippen LogP contribution in [-0.2, 0) is 32.6 Å². The average Bonchev–Trinajstić information content (AvgIpc) is 3.50. The number of carboxylic acid groups (broad SMARTS) is 1. The molecule has 45 heavy (non-hydrogen) atoms. The van der Waals surface area contributed by atoms with Gasteiger partial charge in [-0.3, -0.25) is 4.98 Å². The number of hydrogen-bond acceptors (Lipinski definition) is 9. The summed E-state index contributed by atoms with van der Waals surface area (Å²) in [5.41, 5.74) is 0.135.